The summed E-state index contributed by atoms with van der Waals surface area (Å²) in [6, 6.07) is 3.52. The minimum absolute atomic E-state index is 0.0822. The lowest BCUT2D eigenvalue weighted by Gasteiger charge is -2.42. The molecule has 1 aliphatic rings. The van der Waals surface area contributed by atoms with Gasteiger partial charge in [-0.05, 0) is 36.2 Å². The third-order valence-corrected chi connectivity index (χ3v) is 6.86. The van der Waals surface area contributed by atoms with Gasteiger partial charge in [0.2, 0.25) is 21.5 Å². The first-order valence-electron chi connectivity index (χ1n) is 9.70. The molecule has 2 aromatic rings. The van der Waals surface area contributed by atoms with E-state index in [1.165, 1.54) is 38.2 Å². The van der Waals surface area contributed by atoms with Crippen LogP contribution in [0, 0.1) is 0 Å². The first kappa shape index (κ1) is 23.7. The van der Waals surface area contributed by atoms with Crippen molar-refractivity contribution in [3.05, 3.63) is 40.8 Å². The maximum atomic E-state index is 13.8. The number of aromatic nitrogens is 2. The largest absolute Gasteiger partial charge is 0.410 e. The first-order chi connectivity index (χ1) is 14.9. The van der Waals surface area contributed by atoms with E-state index < -0.39 is 34.3 Å². The van der Waals surface area contributed by atoms with Crippen molar-refractivity contribution >= 4 is 27.6 Å². The van der Waals surface area contributed by atoms with Crippen molar-refractivity contribution in [1.82, 2.24) is 14.3 Å². The number of rotatable bonds is 5. The molecule has 1 fully saturated rings. The van der Waals surface area contributed by atoms with Gasteiger partial charge in [-0.1, -0.05) is 0 Å². The van der Waals surface area contributed by atoms with Crippen LogP contribution in [0.3, 0.4) is 0 Å². The fourth-order valence-electron chi connectivity index (χ4n) is 3.47. The van der Waals surface area contributed by atoms with E-state index in [1.54, 1.807) is 6.07 Å². The smallest absolute Gasteiger partial charge is 0.344 e. The zero-order valence-electron chi connectivity index (χ0n) is 17.3. The van der Waals surface area contributed by atoms with Gasteiger partial charge in [0.15, 0.2) is 0 Å². The Kier molecular flexibility index (Phi) is 6.60. The fraction of sp³-hybridized carbons (Fsp3) is 0.421. The number of anilines is 2. The summed E-state index contributed by atoms with van der Waals surface area (Å²) >= 11 is 0. The van der Waals surface area contributed by atoms with Gasteiger partial charge in [0.1, 0.15) is 17.7 Å². The molecule has 0 aromatic carbocycles. The Hall–Kier alpha value is -2.93. The first-order valence-corrected chi connectivity index (χ1v) is 11.3. The lowest BCUT2D eigenvalue weighted by molar-refractivity contribution is -0.153. The van der Waals surface area contributed by atoms with Crippen LogP contribution in [0.25, 0.3) is 11.1 Å². The zero-order chi connectivity index (χ0) is 23.7. The number of alkyl halides is 3. The van der Waals surface area contributed by atoms with E-state index in [2.05, 4.69) is 15.3 Å². The molecule has 1 amide bonds. The molecule has 9 nitrogen and oxygen atoms in total. The molecule has 0 radical (unpaired) electrons. The number of nitrogens with zero attached hydrogens (tertiary/aromatic N) is 3. The number of hydrogen-bond donors (Lipinski definition) is 2. The van der Waals surface area contributed by atoms with Crippen molar-refractivity contribution in [2.75, 3.05) is 35.6 Å². The molecule has 2 aromatic heterocycles. The summed E-state index contributed by atoms with van der Waals surface area (Å²) in [6.45, 7) is 1.51. The van der Waals surface area contributed by atoms with Gasteiger partial charge in [0, 0.05) is 38.8 Å². The predicted molar refractivity (Wildman–Crippen MR) is 113 cm³/mol. The summed E-state index contributed by atoms with van der Waals surface area (Å²) in [4.78, 5) is 30.9. The minimum Gasteiger partial charge on any atom is -0.344 e. The SMILES string of the molecule is CCS(=O)(=O)N1CCN(c2cc(-c3ccnc(NC(C)=O)c3)cc(=O)[nH]2)C(C(F)(F)F)C1. The highest BCUT2D eigenvalue weighted by Gasteiger charge is 2.48. The number of piperazine rings is 1. The molecule has 0 bridgehead atoms. The van der Waals surface area contributed by atoms with Gasteiger partial charge in [-0.3, -0.25) is 9.59 Å². The number of carbonyl (C=O) groups is 1. The molecule has 1 unspecified atom stereocenters. The van der Waals surface area contributed by atoms with Crippen LogP contribution in [0.5, 0.6) is 0 Å². The highest BCUT2D eigenvalue weighted by Crippen LogP contribution is 2.33. The highest BCUT2D eigenvalue weighted by molar-refractivity contribution is 7.89. The number of amides is 1. The van der Waals surface area contributed by atoms with Gasteiger partial charge in [0.05, 0.1) is 5.75 Å². The molecule has 0 saturated carbocycles. The molecule has 1 aliphatic heterocycles. The van der Waals surface area contributed by atoms with Crippen molar-refractivity contribution in [2.45, 2.75) is 26.1 Å². The van der Waals surface area contributed by atoms with Crippen LogP contribution in [0.15, 0.2) is 35.3 Å². The summed E-state index contributed by atoms with van der Waals surface area (Å²) < 4.78 is 66.6. The Labute approximate surface area is 182 Å². The number of halogens is 3. The second kappa shape index (κ2) is 8.90. The van der Waals surface area contributed by atoms with Crippen LogP contribution in [-0.4, -0.2) is 66.2 Å². The molecule has 0 spiro atoms. The van der Waals surface area contributed by atoms with E-state index in [9.17, 15) is 31.2 Å². The Morgan fingerprint density at radius 2 is 1.97 bits per heavy atom. The number of aromatic amines is 1. The van der Waals surface area contributed by atoms with E-state index in [4.69, 9.17) is 0 Å². The van der Waals surface area contributed by atoms with Crippen molar-refractivity contribution in [1.29, 1.82) is 0 Å². The van der Waals surface area contributed by atoms with Gasteiger partial charge in [0.25, 0.3) is 0 Å². The quantitative estimate of drug-likeness (QED) is 0.684. The fourth-order valence-corrected chi connectivity index (χ4v) is 4.56. The maximum absolute atomic E-state index is 13.8. The van der Waals surface area contributed by atoms with Crippen molar-refractivity contribution < 1.29 is 26.4 Å². The molecule has 3 rings (SSSR count). The standard InChI is InChI=1S/C19H22F3N5O4S/c1-3-32(30,31)26-6-7-27(15(11-26)19(20,21)22)17-9-14(10-18(29)25-17)13-4-5-23-16(8-13)24-12(2)28/h4-5,8-10,15H,3,6-7,11H2,1-2H3,(H,25,29)(H,23,24,28). The average Bonchev–Trinajstić information content (AvgIpc) is 2.72. The topological polar surface area (TPSA) is 115 Å². The van der Waals surface area contributed by atoms with E-state index >= 15 is 0 Å². The summed E-state index contributed by atoms with van der Waals surface area (Å²) in [5, 5.41) is 2.50. The summed E-state index contributed by atoms with van der Waals surface area (Å²) in [7, 11) is -3.80. The summed E-state index contributed by atoms with van der Waals surface area (Å²) in [6.07, 6.45) is -3.33. The molecule has 2 N–H and O–H groups in total. The van der Waals surface area contributed by atoms with Crippen LogP contribution in [0.4, 0.5) is 24.8 Å². The van der Waals surface area contributed by atoms with Gasteiger partial charge in [-0.15, -0.1) is 0 Å². The van der Waals surface area contributed by atoms with Crippen LogP contribution in [-0.2, 0) is 14.8 Å². The van der Waals surface area contributed by atoms with E-state index in [0.717, 1.165) is 9.21 Å². The van der Waals surface area contributed by atoms with Gasteiger partial charge >= 0.3 is 6.18 Å². The summed E-state index contributed by atoms with van der Waals surface area (Å²) in [5.74, 6) is -0.512. The van der Waals surface area contributed by atoms with Crippen molar-refractivity contribution in [3.8, 4) is 11.1 Å². The molecule has 0 aliphatic carbocycles. The Balaban J connectivity index is 2.00. The second-order valence-electron chi connectivity index (χ2n) is 7.24. The third-order valence-electron chi connectivity index (χ3n) is 5.02. The maximum Gasteiger partial charge on any atom is 0.410 e. The highest BCUT2D eigenvalue weighted by atomic mass is 32.2. The van der Waals surface area contributed by atoms with Crippen LogP contribution in [0.2, 0.25) is 0 Å². The lowest BCUT2D eigenvalue weighted by Crippen LogP contribution is -2.60. The molecule has 3 heterocycles. The number of pyridine rings is 2. The van der Waals surface area contributed by atoms with Crippen LogP contribution >= 0.6 is 0 Å². The van der Waals surface area contributed by atoms with Gasteiger partial charge in [-0.25, -0.2) is 13.4 Å². The predicted octanol–water partition coefficient (Wildman–Crippen LogP) is 1.80. The van der Waals surface area contributed by atoms with E-state index in [-0.39, 0.29) is 36.4 Å². The number of H-pyrrole nitrogens is 1. The zero-order valence-corrected chi connectivity index (χ0v) is 18.1. The van der Waals surface area contributed by atoms with Crippen molar-refractivity contribution in [2.24, 2.45) is 0 Å². The average molecular weight is 473 g/mol. The monoisotopic (exact) mass is 473 g/mol. The number of carbonyl (C=O) groups excluding carboxylic acids is 1. The van der Waals surface area contributed by atoms with Gasteiger partial charge in [-0.2, -0.15) is 17.5 Å². The number of sulfonamides is 1. The van der Waals surface area contributed by atoms with Crippen LogP contribution < -0.4 is 15.8 Å². The summed E-state index contributed by atoms with van der Waals surface area (Å²) in [5.41, 5.74) is 0.161. The Morgan fingerprint density at radius 3 is 2.59 bits per heavy atom. The van der Waals surface area contributed by atoms with E-state index in [1.807, 2.05) is 0 Å². The molecular weight excluding hydrogens is 451 g/mol. The van der Waals surface area contributed by atoms with Crippen LogP contribution in [0.1, 0.15) is 13.8 Å². The molecule has 13 heteroatoms. The number of nitrogens with one attached hydrogen (secondary N) is 2. The molecule has 32 heavy (non-hydrogen) atoms. The molecule has 174 valence electrons. The normalized spacial score (nSPS) is 17.9. The molecule has 1 saturated heterocycles. The Morgan fingerprint density at radius 1 is 1.25 bits per heavy atom. The Bertz CT molecular complexity index is 1170. The number of hydrogen-bond acceptors (Lipinski definition) is 6. The third kappa shape index (κ3) is 5.27. The second-order valence-corrected chi connectivity index (χ2v) is 9.50. The lowest BCUT2D eigenvalue weighted by atomic mass is 10.1. The van der Waals surface area contributed by atoms with Crippen molar-refractivity contribution in [3.63, 3.8) is 0 Å². The minimum atomic E-state index is -4.73. The van der Waals surface area contributed by atoms with Gasteiger partial charge < -0.3 is 15.2 Å². The molecule has 1 atom stereocenters. The van der Waals surface area contributed by atoms with E-state index in [0.29, 0.717) is 11.1 Å². The molecular formula is C19H22F3N5O4S.